The molecular formula is C16H19ClN4O5. The van der Waals surface area contributed by atoms with E-state index >= 15 is 0 Å². The maximum absolute atomic E-state index is 12.7. The molecule has 2 aromatic rings. The van der Waals surface area contributed by atoms with Crippen LogP contribution in [-0.4, -0.2) is 59.5 Å². The van der Waals surface area contributed by atoms with Crippen LogP contribution in [0.5, 0.6) is 0 Å². The van der Waals surface area contributed by atoms with Gasteiger partial charge < -0.3 is 25.0 Å². The first kappa shape index (κ1) is 18.3. The van der Waals surface area contributed by atoms with Gasteiger partial charge in [-0.3, -0.25) is 4.90 Å². The fourth-order valence-corrected chi connectivity index (χ4v) is 3.10. The lowest BCUT2D eigenvalue weighted by Gasteiger charge is -2.31. The number of H-pyrrole nitrogens is 1. The van der Waals surface area contributed by atoms with Gasteiger partial charge in [0.1, 0.15) is 29.5 Å². The largest absolute Gasteiger partial charge is 0.507 e. The van der Waals surface area contributed by atoms with E-state index < -0.39 is 41.9 Å². The standard InChI is InChI=1S/C16H19ClN4O5/c1-16(2,3)26-15(25)21-8(5-22)12(23)13(24)11(21)7-4-18-10-9(7)19-6-20-14(10)17/h4,6,8,11,18,22-24H,5H2,1-3H3/t8-,11+/m1/s1. The van der Waals surface area contributed by atoms with Crippen LogP contribution in [0.1, 0.15) is 32.4 Å². The highest BCUT2D eigenvalue weighted by molar-refractivity contribution is 6.33. The highest BCUT2D eigenvalue weighted by Crippen LogP contribution is 2.42. The van der Waals surface area contributed by atoms with E-state index in [9.17, 15) is 20.1 Å². The van der Waals surface area contributed by atoms with E-state index in [0.717, 1.165) is 4.90 Å². The second-order valence-corrected chi connectivity index (χ2v) is 7.25. The molecule has 10 heteroatoms. The van der Waals surface area contributed by atoms with Crippen molar-refractivity contribution < 1.29 is 24.9 Å². The first-order valence-electron chi connectivity index (χ1n) is 7.87. The molecule has 0 aliphatic carbocycles. The summed E-state index contributed by atoms with van der Waals surface area (Å²) in [5.41, 5.74) is 0.381. The molecule has 2 aromatic heterocycles. The van der Waals surface area contributed by atoms with E-state index in [0.29, 0.717) is 16.6 Å². The molecule has 0 radical (unpaired) electrons. The molecule has 26 heavy (non-hydrogen) atoms. The van der Waals surface area contributed by atoms with Crippen molar-refractivity contribution in [3.05, 3.63) is 34.8 Å². The number of hydrogen-bond donors (Lipinski definition) is 4. The number of fused-ring (bicyclic) bond motifs is 1. The van der Waals surface area contributed by atoms with Gasteiger partial charge in [-0.25, -0.2) is 14.8 Å². The molecule has 2 atom stereocenters. The van der Waals surface area contributed by atoms with Crippen molar-refractivity contribution in [2.45, 2.75) is 38.5 Å². The van der Waals surface area contributed by atoms with Crippen LogP contribution in [-0.2, 0) is 4.74 Å². The van der Waals surface area contributed by atoms with E-state index in [-0.39, 0.29) is 5.15 Å². The van der Waals surface area contributed by atoms with Gasteiger partial charge in [-0.05, 0) is 20.8 Å². The van der Waals surface area contributed by atoms with Gasteiger partial charge in [-0.1, -0.05) is 11.6 Å². The van der Waals surface area contributed by atoms with Gasteiger partial charge >= 0.3 is 6.09 Å². The summed E-state index contributed by atoms with van der Waals surface area (Å²) in [7, 11) is 0. The van der Waals surface area contributed by atoms with Crippen LogP contribution in [0.25, 0.3) is 11.0 Å². The highest BCUT2D eigenvalue weighted by atomic mass is 35.5. The molecule has 9 nitrogen and oxygen atoms in total. The Balaban J connectivity index is 2.12. The molecule has 140 valence electrons. The zero-order chi connectivity index (χ0) is 19.2. The SMILES string of the molecule is CC(C)(C)OC(=O)N1[C@H](CO)C(O)=C(O)[C@@H]1c1c[nH]c2c(Cl)ncnc12. The summed E-state index contributed by atoms with van der Waals surface area (Å²) in [6.45, 7) is 4.48. The number of ether oxygens (including phenoxy) is 1. The number of aliphatic hydroxyl groups excluding tert-OH is 3. The van der Waals surface area contributed by atoms with E-state index in [2.05, 4.69) is 15.0 Å². The summed E-state index contributed by atoms with van der Waals surface area (Å²) in [6, 6.07) is -2.24. The molecule has 0 saturated heterocycles. The Kier molecular flexibility index (Phi) is 4.45. The zero-order valence-electron chi connectivity index (χ0n) is 14.4. The van der Waals surface area contributed by atoms with Crippen molar-refractivity contribution in [1.29, 1.82) is 0 Å². The zero-order valence-corrected chi connectivity index (χ0v) is 15.2. The number of amides is 1. The quantitative estimate of drug-likeness (QED) is 0.587. The number of aliphatic hydroxyl groups is 3. The number of hydrogen-bond acceptors (Lipinski definition) is 7. The maximum Gasteiger partial charge on any atom is 0.411 e. The number of nitrogens with zero attached hydrogens (tertiary/aromatic N) is 3. The molecule has 0 fully saturated rings. The van der Waals surface area contributed by atoms with Crippen molar-refractivity contribution in [2.24, 2.45) is 0 Å². The summed E-state index contributed by atoms with van der Waals surface area (Å²) in [5.74, 6) is -0.969. The maximum atomic E-state index is 12.7. The second kappa shape index (κ2) is 6.33. The van der Waals surface area contributed by atoms with Crippen LogP contribution < -0.4 is 0 Å². The molecule has 0 spiro atoms. The molecule has 3 heterocycles. The number of carbonyl (C=O) groups is 1. The molecule has 3 rings (SSSR count). The van der Waals surface area contributed by atoms with Crippen LogP contribution in [0.4, 0.5) is 4.79 Å². The number of carbonyl (C=O) groups excluding carboxylic acids is 1. The molecule has 0 aromatic carbocycles. The third-order valence-electron chi connectivity index (χ3n) is 3.97. The molecule has 1 aliphatic heterocycles. The third-order valence-corrected chi connectivity index (χ3v) is 4.26. The Hall–Kier alpha value is -2.52. The Morgan fingerprint density at radius 1 is 1.35 bits per heavy atom. The van der Waals surface area contributed by atoms with Gasteiger partial charge in [0.05, 0.1) is 12.1 Å². The normalized spacial score (nSPS) is 20.9. The summed E-state index contributed by atoms with van der Waals surface area (Å²) in [4.78, 5) is 24.7. The van der Waals surface area contributed by atoms with Crippen molar-refractivity contribution in [2.75, 3.05) is 6.61 Å². The Morgan fingerprint density at radius 3 is 2.65 bits per heavy atom. The second-order valence-electron chi connectivity index (χ2n) is 6.89. The molecule has 0 bridgehead atoms. The predicted octanol–water partition coefficient (Wildman–Crippen LogP) is 2.59. The van der Waals surface area contributed by atoms with Crippen LogP contribution in [0.15, 0.2) is 24.0 Å². The molecule has 0 saturated carbocycles. The molecule has 1 amide bonds. The fraction of sp³-hybridized carbons (Fsp3) is 0.438. The number of nitrogens with one attached hydrogen (secondary N) is 1. The molecule has 0 unspecified atom stereocenters. The van der Waals surface area contributed by atoms with Gasteiger partial charge in [0, 0.05) is 11.8 Å². The average Bonchev–Trinajstić information content (AvgIpc) is 3.07. The van der Waals surface area contributed by atoms with Crippen LogP contribution in [0, 0.1) is 0 Å². The fourth-order valence-electron chi connectivity index (χ4n) is 2.91. The topological polar surface area (TPSA) is 132 Å². The number of aromatic nitrogens is 3. The van der Waals surface area contributed by atoms with Crippen LogP contribution in [0.3, 0.4) is 0 Å². The third kappa shape index (κ3) is 2.93. The van der Waals surface area contributed by atoms with E-state index in [1.807, 2.05) is 0 Å². The smallest absolute Gasteiger partial charge is 0.411 e. The van der Waals surface area contributed by atoms with Crippen LogP contribution in [0.2, 0.25) is 5.15 Å². The molecule has 1 aliphatic rings. The first-order chi connectivity index (χ1) is 12.2. The minimum absolute atomic E-state index is 0.175. The Morgan fingerprint density at radius 2 is 2.04 bits per heavy atom. The van der Waals surface area contributed by atoms with Crippen LogP contribution >= 0.6 is 11.6 Å². The van der Waals surface area contributed by atoms with Crippen molar-refractivity contribution >= 4 is 28.7 Å². The minimum atomic E-state index is -1.14. The summed E-state index contributed by atoms with van der Waals surface area (Å²) < 4.78 is 5.37. The molecular weight excluding hydrogens is 364 g/mol. The predicted molar refractivity (Wildman–Crippen MR) is 92.9 cm³/mol. The van der Waals surface area contributed by atoms with Crippen molar-refractivity contribution in [3.8, 4) is 0 Å². The lowest BCUT2D eigenvalue weighted by atomic mass is 10.1. The van der Waals surface area contributed by atoms with Crippen molar-refractivity contribution in [1.82, 2.24) is 19.9 Å². The van der Waals surface area contributed by atoms with E-state index in [1.165, 1.54) is 12.5 Å². The van der Waals surface area contributed by atoms with E-state index in [1.54, 1.807) is 20.8 Å². The monoisotopic (exact) mass is 382 g/mol. The summed E-state index contributed by atoms with van der Waals surface area (Å²) in [5, 5.41) is 30.5. The lowest BCUT2D eigenvalue weighted by molar-refractivity contribution is 0.00564. The average molecular weight is 383 g/mol. The number of rotatable bonds is 2. The first-order valence-corrected chi connectivity index (χ1v) is 8.25. The summed E-state index contributed by atoms with van der Waals surface area (Å²) in [6.07, 6.45) is 1.96. The highest BCUT2D eigenvalue weighted by Gasteiger charge is 2.47. The van der Waals surface area contributed by atoms with Gasteiger partial charge in [-0.15, -0.1) is 0 Å². The van der Waals surface area contributed by atoms with Gasteiger partial charge in [0.2, 0.25) is 0 Å². The number of aromatic amines is 1. The van der Waals surface area contributed by atoms with Crippen molar-refractivity contribution in [3.63, 3.8) is 0 Å². The van der Waals surface area contributed by atoms with Gasteiger partial charge in [0.25, 0.3) is 0 Å². The lowest BCUT2D eigenvalue weighted by Crippen LogP contribution is -2.44. The Labute approximate surface area is 153 Å². The minimum Gasteiger partial charge on any atom is -0.507 e. The Bertz CT molecular complexity index is 888. The summed E-state index contributed by atoms with van der Waals surface area (Å²) >= 11 is 6.03. The molecule has 4 N–H and O–H groups in total. The van der Waals surface area contributed by atoms with Gasteiger partial charge in [0.15, 0.2) is 16.7 Å². The number of halogens is 1. The van der Waals surface area contributed by atoms with E-state index in [4.69, 9.17) is 16.3 Å². The van der Waals surface area contributed by atoms with Gasteiger partial charge in [-0.2, -0.15) is 0 Å².